The molecule has 0 aliphatic rings. The summed E-state index contributed by atoms with van der Waals surface area (Å²) in [6, 6.07) is 6.15. The van der Waals surface area contributed by atoms with Crippen LogP contribution in [0.1, 0.15) is 5.56 Å². The molecule has 0 spiro atoms. The Kier molecular flexibility index (Phi) is 4.75. The normalized spacial score (nSPS) is 11.9. The third-order valence-corrected chi connectivity index (χ3v) is 2.04. The standard InChI is InChI=1S/C11H15NO4/c1-15-9-4-2-8(3-5-9)7-16-11(14)10(12)6-13/h2-5,10,13H,6-7,12H2,1H3/t10-/m0/s1. The van der Waals surface area contributed by atoms with Crippen molar-refractivity contribution in [3.05, 3.63) is 29.8 Å². The zero-order valence-corrected chi connectivity index (χ0v) is 9.05. The molecule has 0 amide bonds. The van der Waals surface area contributed by atoms with Crippen LogP contribution in [0.25, 0.3) is 0 Å². The Morgan fingerprint density at radius 3 is 2.56 bits per heavy atom. The summed E-state index contributed by atoms with van der Waals surface area (Å²) in [6.07, 6.45) is 0. The first-order chi connectivity index (χ1) is 7.67. The molecule has 1 aromatic carbocycles. The first-order valence-corrected chi connectivity index (χ1v) is 4.83. The molecule has 0 fully saturated rings. The van der Waals surface area contributed by atoms with Crippen LogP contribution < -0.4 is 10.5 Å². The lowest BCUT2D eigenvalue weighted by Gasteiger charge is -2.09. The van der Waals surface area contributed by atoms with Crippen LogP contribution >= 0.6 is 0 Å². The molecule has 5 nitrogen and oxygen atoms in total. The van der Waals surface area contributed by atoms with E-state index in [-0.39, 0.29) is 6.61 Å². The number of carbonyl (C=O) groups excluding carboxylic acids is 1. The molecule has 0 saturated heterocycles. The molecule has 88 valence electrons. The summed E-state index contributed by atoms with van der Waals surface area (Å²) in [6.45, 7) is -0.280. The first kappa shape index (κ1) is 12.5. The van der Waals surface area contributed by atoms with Crippen molar-refractivity contribution in [2.75, 3.05) is 13.7 Å². The summed E-state index contributed by atoms with van der Waals surface area (Å²) in [7, 11) is 1.58. The fourth-order valence-electron chi connectivity index (χ4n) is 1.06. The Morgan fingerprint density at radius 1 is 1.44 bits per heavy atom. The van der Waals surface area contributed by atoms with Gasteiger partial charge in [0.15, 0.2) is 0 Å². The molecule has 1 aromatic rings. The molecular formula is C11H15NO4. The Hall–Kier alpha value is -1.59. The molecule has 3 N–H and O–H groups in total. The molecule has 0 aliphatic carbocycles. The highest BCUT2D eigenvalue weighted by atomic mass is 16.5. The average molecular weight is 225 g/mol. The first-order valence-electron chi connectivity index (χ1n) is 4.83. The van der Waals surface area contributed by atoms with Gasteiger partial charge in [0, 0.05) is 0 Å². The maximum atomic E-state index is 11.1. The number of hydrogen-bond donors (Lipinski definition) is 2. The second kappa shape index (κ2) is 6.09. The van der Waals surface area contributed by atoms with Gasteiger partial charge < -0.3 is 20.3 Å². The minimum atomic E-state index is -0.974. The van der Waals surface area contributed by atoms with Crippen molar-refractivity contribution < 1.29 is 19.4 Å². The van der Waals surface area contributed by atoms with Crippen molar-refractivity contribution in [2.24, 2.45) is 5.73 Å². The fraction of sp³-hybridized carbons (Fsp3) is 0.364. The number of methoxy groups -OCH3 is 1. The van der Waals surface area contributed by atoms with Gasteiger partial charge in [0.1, 0.15) is 18.4 Å². The van der Waals surface area contributed by atoms with Gasteiger partial charge in [-0.05, 0) is 17.7 Å². The number of aliphatic hydroxyl groups excluding tert-OH is 1. The molecule has 1 rings (SSSR count). The van der Waals surface area contributed by atoms with Crippen LogP contribution in [-0.2, 0) is 16.1 Å². The lowest BCUT2D eigenvalue weighted by atomic mass is 10.2. The van der Waals surface area contributed by atoms with E-state index in [0.29, 0.717) is 0 Å². The van der Waals surface area contributed by atoms with Gasteiger partial charge in [0.05, 0.1) is 13.7 Å². The van der Waals surface area contributed by atoms with Gasteiger partial charge in [-0.3, -0.25) is 4.79 Å². The highest BCUT2D eigenvalue weighted by Gasteiger charge is 2.13. The predicted molar refractivity (Wildman–Crippen MR) is 57.9 cm³/mol. The topological polar surface area (TPSA) is 81.8 Å². The largest absolute Gasteiger partial charge is 0.497 e. The summed E-state index contributed by atoms with van der Waals surface area (Å²) in [5, 5.41) is 8.63. The molecule has 0 heterocycles. The molecule has 0 aliphatic heterocycles. The van der Waals surface area contributed by atoms with Crippen LogP contribution in [0.15, 0.2) is 24.3 Å². The van der Waals surface area contributed by atoms with Crippen molar-refractivity contribution in [3.8, 4) is 5.75 Å². The smallest absolute Gasteiger partial charge is 0.325 e. The van der Waals surface area contributed by atoms with Crippen molar-refractivity contribution in [3.63, 3.8) is 0 Å². The second-order valence-electron chi connectivity index (χ2n) is 3.24. The molecule has 0 bridgehead atoms. The zero-order chi connectivity index (χ0) is 12.0. The van der Waals surface area contributed by atoms with Gasteiger partial charge in [-0.25, -0.2) is 0 Å². The summed E-state index contributed by atoms with van der Waals surface area (Å²) in [5.41, 5.74) is 6.11. The van der Waals surface area contributed by atoms with Gasteiger partial charge in [0.2, 0.25) is 0 Å². The van der Waals surface area contributed by atoms with Crippen LogP contribution in [0.5, 0.6) is 5.75 Å². The Morgan fingerprint density at radius 2 is 2.06 bits per heavy atom. The van der Waals surface area contributed by atoms with E-state index in [0.717, 1.165) is 11.3 Å². The summed E-state index contributed by atoms with van der Waals surface area (Å²) in [4.78, 5) is 11.1. The maximum absolute atomic E-state index is 11.1. The molecule has 1 atom stereocenters. The molecular weight excluding hydrogens is 210 g/mol. The monoisotopic (exact) mass is 225 g/mol. The molecule has 16 heavy (non-hydrogen) atoms. The average Bonchev–Trinajstić information content (AvgIpc) is 2.35. The van der Waals surface area contributed by atoms with E-state index >= 15 is 0 Å². The number of benzene rings is 1. The van der Waals surface area contributed by atoms with E-state index in [2.05, 4.69) is 0 Å². The van der Waals surface area contributed by atoms with Gasteiger partial charge in [-0.15, -0.1) is 0 Å². The molecule has 0 radical (unpaired) electrons. The van der Waals surface area contributed by atoms with E-state index in [4.69, 9.17) is 20.3 Å². The highest BCUT2D eigenvalue weighted by molar-refractivity contribution is 5.75. The molecule has 0 saturated carbocycles. The van der Waals surface area contributed by atoms with Crippen LogP contribution in [0.4, 0.5) is 0 Å². The van der Waals surface area contributed by atoms with Crippen LogP contribution in [0.3, 0.4) is 0 Å². The molecule has 0 unspecified atom stereocenters. The predicted octanol–water partition coefficient (Wildman–Crippen LogP) is 0.0580. The fourth-order valence-corrected chi connectivity index (χ4v) is 1.06. The number of ether oxygens (including phenoxy) is 2. The molecule has 5 heteroatoms. The number of rotatable bonds is 5. The van der Waals surface area contributed by atoms with Crippen molar-refractivity contribution in [1.82, 2.24) is 0 Å². The minimum Gasteiger partial charge on any atom is -0.497 e. The van der Waals surface area contributed by atoms with Crippen LogP contribution in [-0.4, -0.2) is 30.8 Å². The van der Waals surface area contributed by atoms with E-state index < -0.39 is 18.6 Å². The maximum Gasteiger partial charge on any atom is 0.325 e. The summed E-state index contributed by atoms with van der Waals surface area (Å²) >= 11 is 0. The number of aliphatic hydroxyl groups is 1. The zero-order valence-electron chi connectivity index (χ0n) is 9.05. The van der Waals surface area contributed by atoms with Gasteiger partial charge >= 0.3 is 5.97 Å². The van der Waals surface area contributed by atoms with Crippen molar-refractivity contribution >= 4 is 5.97 Å². The number of nitrogens with two attached hydrogens (primary N) is 1. The van der Waals surface area contributed by atoms with E-state index in [1.54, 1.807) is 31.4 Å². The number of hydrogen-bond acceptors (Lipinski definition) is 5. The summed E-state index contributed by atoms with van der Waals surface area (Å²) in [5.74, 6) is 0.125. The lowest BCUT2D eigenvalue weighted by molar-refractivity contribution is -0.147. The number of carbonyl (C=O) groups is 1. The van der Waals surface area contributed by atoms with Gasteiger partial charge in [0.25, 0.3) is 0 Å². The van der Waals surface area contributed by atoms with E-state index in [1.165, 1.54) is 0 Å². The Bertz CT molecular complexity index is 336. The van der Waals surface area contributed by atoms with Crippen LogP contribution in [0, 0.1) is 0 Å². The minimum absolute atomic E-state index is 0.135. The highest BCUT2D eigenvalue weighted by Crippen LogP contribution is 2.11. The summed E-state index contributed by atoms with van der Waals surface area (Å²) < 4.78 is 9.88. The lowest BCUT2D eigenvalue weighted by Crippen LogP contribution is -2.35. The van der Waals surface area contributed by atoms with Crippen molar-refractivity contribution in [2.45, 2.75) is 12.6 Å². The van der Waals surface area contributed by atoms with Gasteiger partial charge in [-0.2, -0.15) is 0 Å². The third-order valence-electron chi connectivity index (χ3n) is 2.04. The van der Waals surface area contributed by atoms with Crippen LogP contribution in [0.2, 0.25) is 0 Å². The molecule has 0 aromatic heterocycles. The van der Waals surface area contributed by atoms with Gasteiger partial charge in [-0.1, -0.05) is 12.1 Å². The quantitative estimate of drug-likeness (QED) is 0.692. The Labute approximate surface area is 93.8 Å². The Balaban J connectivity index is 2.45. The number of esters is 1. The third kappa shape index (κ3) is 3.52. The van der Waals surface area contributed by atoms with E-state index in [9.17, 15) is 4.79 Å². The SMILES string of the molecule is COc1ccc(COC(=O)[C@@H](N)CO)cc1. The van der Waals surface area contributed by atoms with E-state index in [1.807, 2.05) is 0 Å². The van der Waals surface area contributed by atoms with Crippen molar-refractivity contribution in [1.29, 1.82) is 0 Å². The second-order valence-corrected chi connectivity index (χ2v) is 3.24.